The fourth-order valence-corrected chi connectivity index (χ4v) is 2.84. The van der Waals surface area contributed by atoms with Crippen molar-refractivity contribution in [2.75, 3.05) is 0 Å². The Bertz CT molecular complexity index is 849. The number of aliphatic imine (C=N–C) groups is 1. The van der Waals surface area contributed by atoms with E-state index >= 15 is 0 Å². The monoisotopic (exact) mass is 397 g/mol. The number of halogens is 4. The molecule has 1 unspecified atom stereocenters. The highest BCUT2D eigenvalue weighted by atomic mass is 79.9. The number of nitrogens with two attached hydrogens (primary N) is 1. The van der Waals surface area contributed by atoms with Gasteiger partial charge in [-0.05, 0) is 24.3 Å². The summed E-state index contributed by atoms with van der Waals surface area (Å²) in [4.78, 5) is 16.0. The number of amidine groups is 1. The quantitative estimate of drug-likeness (QED) is 0.811. The summed E-state index contributed by atoms with van der Waals surface area (Å²) in [7, 11) is 0. The number of nitrogens with zero attached hydrogens (tertiary/aromatic N) is 1. The van der Waals surface area contributed by atoms with Gasteiger partial charge in [-0.3, -0.25) is 4.79 Å². The molecule has 0 fully saturated rings. The van der Waals surface area contributed by atoms with Crippen molar-refractivity contribution in [2.24, 2.45) is 10.7 Å². The zero-order chi connectivity index (χ0) is 17.5. The Morgan fingerprint density at radius 1 is 1.21 bits per heavy atom. The van der Waals surface area contributed by atoms with Crippen LogP contribution >= 0.6 is 15.9 Å². The molecule has 1 aliphatic heterocycles. The zero-order valence-electron chi connectivity index (χ0n) is 12.1. The number of nitrogens with one attached hydrogen (secondary N) is 1. The van der Waals surface area contributed by atoms with Gasteiger partial charge >= 0.3 is 6.18 Å². The van der Waals surface area contributed by atoms with E-state index in [1.807, 2.05) is 0 Å². The SMILES string of the molecule is NC(=O)C1NC(c2cccc(Br)c2)=Nc2cc(C(F)(F)F)ccc21. The summed E-state index contributed by atoms with van der Waals surface area (Å²) in [6, 6.07) is 9.13. The molecule has 2 aromatic rings. The first-order valence-corrected chi connectivity index (χ1v) is 7.66. The fraction of sp³-hybridized carbons (Fsp3) is 0.125. The van der Waals surface area contributed by atoms with Crippen molar-refractivity contribution >= 4 is 33.4 Å². The summed E-state index contributed by atoms with van der Waals surface area (Å²) in [6.45, 7) is 0. The molecule has 3 N–H and O–H groups in total. The maximum atomic E-state index is 12.9. The first kappa shape index (κ1) is 16.5. The fourth-order valence-electron chi connectivity index (χ4n) is 2.44. The maximum Gasteiger partial charge on any atom is 0.416 e. The normalized spacial score (nSPS) is 16.8. The van der Waals surface area contributed by atoms with Crippen LogP contribution in [0.2, 0.25) is 0 Å². The summed E-state index contributed by atoms with van der Waals surface area (Å²) < 4.78 is 39.5. The maximum absolute atomic E-state index is 12.9. The molecule has 0 saturated carbocycles. The molecule has 1 amide bonds. The summed E-state index contributed by atoms with van der Waals surface area (Å²) in [5, 5.41) is 2.88. The van der Waals surface area contributed by atoms with Crippen LogP contribution in [0.15, 0.2) is 51.9 Å². The van der Waals surface area contributed by atoms with E-state index in [0.29, 0.717) is 11.1 Å². The van der Waals surface area contributed by atoms with E-state index < -0.39 is 23.7 Å². The van der Waals surface area contributed by atoms with Crippen molar-refractivity contribution in [3.63, 3.8) is 0 Å². The highest BCUT2D eigenvalue weighted by Crippen LogP contribution is 2.37. The van der Waals surface area contributed by atoms with Crippen molar-refractivity contribution in [1.29, 1.82) is 0 Å². The molecule has 3 rings (SSSR count). The van der Waals surface area contributed by atoms with E-state index in [9.17, 15) is 18.0 Å². The third kappa shape index (κ3) is 3.14. The van der Waals surface area contributed by atoms with Crippen LogP contribution in [-0.4, -0.2) is 11.7 Å². The van der Waals surface area contributed by atoms with E-state index in [0.717, 1.165) is 16.6 Å². The lowest BCUT2D eigenvalue weighted by Gasteiger charge is -2.25. The molecule has 2 aromatic carbocycles. The number of benzene rings is 2. The molecule has 1 atom stereocenters. The van der Waals surface area contributed by atoms with E-state index in [2.05, 4.69) is 26.2 Å². The van der Waals surface area contributed by atoms with Gasteiger partial charge in [0.2, 0.25) is 5.91 Å². The smallest absolute Gasteiger partial charge is 0.368 e. The molecule has 0 aromatic heterocycles. The largest absolute Gasteiger partial charge is 0.416 e. The van der Waals surface area contributed by atoms with Crippen LogP contribution in [0.4, 0.5) is 18.9 Å². The lowest BCUT2D eigenvalue weighted by molar-refractivity contribution is -0.137. The average molecular weight is 398 g/mol. The lowest BCUT2D eigenvalue weighted by Crippen LogP contribution is -2.40. The third-order valence-corrected chi connectivity index (χ3v) is 4.06. The predicted octanol–water partition coefficient (Wildman–Crippen LogP) is 3.68. The number of primary amides is 1. The Labute approximate surface area is 143 Å². The summed E-state index contributed by atoms with van der Waals surface area (Å²) in [5.74, 6) is -0.412. The second-order valence-corrected chi connectivity index (χ2v) is 6.14. The van der Waals surface area contributed by atoms with Gasteiger partial charge < -0.3 is 11.1 Å². The van der Waals surface area contributed by atoms with E-state index in [4.69, 9.17) is 5.73 Å². The Morgan fingerprint density at radius 3 is 2.58 bits per heavy atom. The van der Waals surface area contributed by atoms with Gasteiger partial charge in [0, 0.05) is 15.6 Å². The van der Waals surface area contributed by atoms with Gasteiger partial charge in [-0.1, -0.05) is 34.1 Å². The molecular formula is C16H11BrF3N3O. The Morgan fingerprint density at radius 2 is 1.96 bits per heavy atom. The molecule has 0 bridgehead atoms. The van der Waals surface area contributed by atoms with Crippen molar-refractivity contribution in [3.05, 3.63) is 63.6 Å². The molecular weight excluding hydrogens is 387 g/mol. The zero-order valence-corrected chi connectivity index (χ0v) is 13.6. The van der Waals surface area contributed by atoms with Gasteiger partial charge in [0.15, 0.2) is 0 Å². The minimum absolute atomic E-state index is 0.0716. The van der Waals surface area contributed by atoms with Crippen LogP contribution in [0.1, 0.15) is 22.7 Å². The summed E-state index contributed by atoms with van der Waals surface area (Å²) in [6.07, 6.45) is -4.49. The number of carbonyl (C=O) groups excluding carboxylic acids is 1. The Hall–Kier alpha value is -2.35. The number of amides is 1. The molecule has 0 aliphatic carbocycles. The lowest BCUT2D eigenvalue weighted by atomic mass is 9.98. The molecule has 124 valence electrons. The van der Waals surface area contributed by atoms with Gasteiger partial charge in [-0.15, -0.1) is 0 Å². The van der Waals surface area contributed by atoms with E-state index in [-0.39, 0.29) is 11.5 Å². The molecule has 1 heterocycles. The molecule has 24 heavy (non-hydrogen) atoms. The number of hydrogen-bond donors (Lipinski definition) is 2. The van der Waals surface area contributed by atoms with Gasteiger partial charge in [-0.2, -0.15) is 13.2 Å². The first-order valence-electron chi connectivity index (χ1n) is 6.87. The van der Waals surface area contributed by atoms with Crippen molar-refractivity contribution in [2.45, 2.75) is 12.2 Å². The molecule has 0 saturated heterocycles. The van der Waals surface area contributed by atoms with Crippen LogP contribution < -0.4 is 11.1 Å². The van der Waals surface area contributed by atoms with Gasteiger partial charge in [0.25, 0.3) is 0 Å². The van der Waals surface area contributed by atoms with Crippen molar-refractivity contribution < 1.29 is 18.0 Å². The molecule has 0 radical (unpaired) electrons. The second-order valence-electron chi connectivity index (χ2n) is 5.22. The Balaban J connectivity index is 2.15. The number of rotatable bonds is 2. The molecule has 8 heteroatoms. The topological polar surface area (TPSA) is 67.5 Å². The molecule has 0 spiro atoms. The van der Waals surface area contributed by atoms with E-state index in [1.54, 1.807) is 24.3 Å². The third-order valence-electron chi connectivity index (χ3n) is 3.56. The molecule has 4 nitrogen and oxygen atoms in total. The first-order chi connectivity index (χ1) is 11.3. The van der Waals surface area contributed by atoms with Gasteiger partial charge in [-0.25, -0.2) is 4.99 Å². The van der Waals surface area contributed by atoms with Crippen LogP contribution in [0.3, 0.4) is 0 Å². The van der Waals surface area contributed by atoms with Gasteiger partial charge in [0.05, 0.1) is 11.3 Å². The van der Waals surface area contributed by atoms with Crippen LogP contribution in [0.5, 0.6) is 0 Å². The predicted molar refractivity (Wildman–Crippen MR) is 86.9 cm³/mol. The van der Waals surface area contributed by atoms with Crippen LogP contribution in [0.25, 0.3) is 0 Å². The number of alkyl halides is 3. The highest BCUT2D eigenvalue weighted by Gasteiger charge is 2.33. The minimum atomic E-state index is -4.49. The number of fused-ring (bicyclic) bond motifs is 1. The average Bonchev–Trinajstić information content (AvgIpc) is 2.52. The van der Waals surface area contributed by atoms with Crippen LogP contribution in [-0.2, 0) is 11.0 Å². The molecule has 1 aliphatic rings. The standard InChI is InChI=1S/C16H11BrF3N3O/c17-10-3-1-2-8(6-10)15-22-12-7-9(16(18,19)20)4-5-11(12)13(23-15)14(21)24/h1-7,13H,(H2,21,24)(H,22,23). The Kier molecular flexibility index (Phi) is 4.08. The van der Waals surface area contributed by atoms with Crippen molar-refractivity contribution in [1.82, 2.24) is 5.32 Å². The number of carbonyl (C=O) groups is 1. The minimum Gasteiger partial charge on any atom is -0.368 e. The second kappa shape index (κ2) is 5.94. The summed E-state index contributed by atoms with van der Waals surface area (Å²) >= 11 is 3.32. The van der Waals surface area contributed by atoms with E-state index in [1.165, 1.54) is 6.07 Å². The van der Waals surface area contributed by atoms with Gasteiger partial charge in [0.1, 0.15) is 11.9 Å². The van der Waals surface area contributed by atoms with Crippen molar-refractivity contribution in [3.8, 4) is 0 Å². The van der Waals surface area contributed by atoms with Crippen LogP contribution in [0, 0.1) is 0 Å². The number of hydrogen-bond acceptors (Lipinski definition) is 3. The summed E-state index contributed by atoms with van der Waals surface area (Å²) in [5.41, 5.74) is 5.57. The highest BCUT2D eigenvalue weighted by molar-refractivity contribution is 9.10.